The van der Waals surface area contributed by atoms with E-state index in [0.29, 0.717) is 5.69 Å². The first-order chi connectivity index (χ1) is 7.75. The molecule has 2 aliphatic heterocycles. The van der Waals surface area contributed by atoms with Crippen LogP contribution in [0.15, 0.2) is 6.20 Å². The van der Waals surface area contributed by atoms with Gasteiger partial charge in [0.15, 0.2) is 0 Å². The van der Waals surface area contributed by atoms with Crippen LogP contribution < -0.4 is 0 Å². The second-order valence-electron chi connectivity index (χ2n) is 4.16. The van der Waals surface area contributed by atoms with Crippen molar-refractivity contribution in [3.63, 3.8) is 0 Å². The number of fused-ring (bicyclic) bond motifs is 1. The lowest BCUT2D eigenvalue weighted by atomic mass is 10.0. The average molecular weight is 259 g/mol. The van der Waals surface area contributed by atoms with Crippen LogP contribution in [0.5, 0.6) is 5.75 Å². The van der Waals surface area contributed by atoms with Gasteiger partial charge >= 0.3 is 13.1 Å². The minimum atomic E-state index is -3.30. The fourth-order valence-electron chi connectivity index (χ4n) is 1.85. The van der Waals surface area contributed by atoms with E-state index in [0.717, 1.165) is 0 Å². The molecule has 0 unspecified atom stereocenters. The first-order valence-electron chi connectivity index (χ1n) is 4.87. The fourth-order valence-corrected chi connectivity index (χ4v) is 3.59. The van der Waals surface area contributed by atoms with Crippen LogP contribution in [0, 0.1) is 13.8 Å². The molecule has 0 saturated carbocycles. The normalized spacial score (nSPS) is 34.4. The van der Waals surface area contributed by atoms with Crippen LogP contribution in [0.3, 0.4) is 0 Å². The van der Waals surface area contributed by atoms with Gasteiger partial charge in [0.2, 0.25) is 0 Å². The maximum atomic E-state index is 11.4. The Balaban J connectivity index is 2.11. The molecule has 92 valence electrons. The van der Waals surface area contributed by atoms with E-state index in [-0.39, 0.29) is 16.9 Å². The third-order valence-corrected chi connectivity index (χ3v) is 4.97. The van der Waals surface area contributed by atoms with E-state index >= 15 is 0 Å². The molecule has 7 nitrogen and oxygen atoms in total. The molecule has 17 heavy (non-hydrogen) atoms. The van der Waals surface area contributed by atoms with Gasteiger partial charge in [0.25, 0.3) is 5.79 Å². The maximum absolute atomic E-state index is 11.4. The molecule has 2 fully saturated rings. The van der Waals surface area contributed by atoms with Crippen LogP contribution in [0.2, 0.25) is 0 Å². The van der Waals surface area contributed by atoms with Gasteiger partial charge in [-0.15, -0.1) is 0 Å². The number of hydrogen-bond donors (Lipinski definition) is 3. The summed E-state index contributed by atoms with van der Waals surface area (Å²) >= 11 is 0. The van der Waals surface area contributed by atoms with Gasteiger partial charge in [0.1, 0.15) is 5.75 Å². The van der Waals surface area contributed by atoms with Gasteiger partial charge in [-0.3, -0.25) is 18.6 Å². The number of nitrogens with zero attached hydrogens (tertiary/aromatic N) is 1. The van der Waals surface area contributed by atoms with Gasteiger partial charge in [-0.1, -0.05) is 0 Å². The summed E-state index contributed by atoms with van der Waals surface area (Å²) in [5.41, 5.74) is -1.35. The molecule has 0 atom stereocenters. The molecule has 0 spiro atoms. The van der Waals surface area contributed by atoms with Crippen molar-refractivity contribution in [2.75, 3.05) is 0 Å². The molecule has 3 N–H and O–H groups in total. The Kier molecular flexibility index (Phi) is 1.77. The topological polar surface area (TPSA) is 116 Å². The first-order valence-corrected chi connectivity index (χ1v) is 6.41. The van der Waals surface area contributed by atoms with Crippen molar-refractivity contribution in [3.8, 4) is 5.75 Å². The summed E-state index contributed by atoms with van der Waals surface area (Å²) in [4.78, 5) is 3.82. The van der Waals surface area contributed by atoms with Crippen molar-refractivity contribution in [2.24, 2.45) is 0 Å². The first kappa shape index (κ1) is 11.1. The predicted molar refractivity (Wildman–Crippen MR) is 54.0 cm³/mol. The summed E-state index contributed by atoms with van der Waals surface area (Å²) in [5, 5.41) is 29.6. The molecule has 3 heterocycles. The van der Waals surface area contributed by atoms with E-state index in [1.807, 2.05) is 0 Å². The highest BCUT2D eigenvalue weighted by Gasteiger charge is 2.99. The molecule has 2 aliphatic rings. The SMILES string of the molecule is Cc1ncc(C(O)(O)C23OP2(=O)O3)c(C)c1O. The van der Waals surface area contributed by atoms with E-state index in [4.69, 9.17) is 0 Å². The zero-order chi connectivity index (χ0) is 12.6. The Labute approximate surface area is 96.2 Å². The van der Waals surface area contributed by atoms with Crippen molar-refractivity contribution in [2.45, 2.75) is 25.2 Å². The van der Waals surface area contributed by atoms with E-state index in [1.165, 1.54) is 13.1 Å². The van der Waals surface area contributed by atoms with Crippen LogP contribution in [-0.4, -0.2) is 25.8 Å². The highest BCUT2D eigenvalue weighted by atomic mass is 31.2. The average Bonchev–Trinajstić information content (AvgIpc) is 3.00. The number of hydrogen-bond acceptors (Lipinski definition) is 7. The van der Waals surface area contributed by atoms with Gasteiger partial charge in [-0.2, -0.15) is 0 Å². The van der Waals surface area contributed by atoms with Crippen LogP contribution in [0.1, 0.15) is 16.8 Å². The lowest BCUT2D eigenvalue weighted by Gasteiger charge is -2.22. The number of aryl methyl sites for hydroxylation is 1. The lowest BCUT2D eigenvalue weighted by Crippen LogP contribution is -2.38. The zero-order valence-electron chi connectivity index (χ0n) is 9.04. The maximum Gasteiger partial charge on any atom is 0.403 e. The van der Waals surface area contributed by atoms with E-state index < -0.39 is 18.9 Å². The number of rotatable bonds is 2. The van der Waals surface area contributed by atoms with Gasteiger partial charge < -0.3 is 15.3 Å². The Morgan fingerprint density at radius 1 is 1.41 bits per heavy atom. The highest BCUT2D eigenvalue weighted by molar-refractivity contribution is 7.68. The van der Waals surface area contributed by atoms with E-state index in [2.05, 4.69) is 14.0 Å². The molecule has 0 amide bonds. The third kappa shape index (κ3) is 1.10. The van der Waals surface area contributed by atoms with Crippen molar-refractivity contribution in [1.82, 2.24) is 4.98 Å². The molecule has 0 aromatic carbocycles. The molecule has 0 bridgehead atoms. The van der Waals surface area contributed by atoms with Crippen molar-refractivity contribution in [3.05, 3.63) is 23.0 Å². The number of aromatic hydroxyl groups is 1. The quantitative estimate of drug-likeness (QED) is 0.401. The Bertz CT molecular complexity index is 573. The Morgan fingerprint density at radius 3 is 2.41 bits per heavy atom. The fraction of sp³-hybridized carbons (Fsp3) is 0.444. The van der Waals surface area contributed by atoms with Crippen LogP contribution in [-0.2, 0) is 19.4 Å². The van der Waals surface area contributed by atoms with Crippen molar-refractivity contribution >= 4 is 7.60 Å². The number of pyridine rings is 1. The largest absolute Gasteiger partial charge is 0.506 e. The van der Waals surface area contributed by atoms with Crippen molar-refractivity contribution in [1.29, 1.82) is 0 Å². The number of aliphatic hydroxyl groups is 2. The van der Waals surface area contributed by atoms with E-state index in [1.54, 1.807) is 6.92 Å². The third-order valence-electron chi connectivity index (χ3n) is 3.09. The summed E-state index contributed by atoms with van der Waals surface area (Å²) in [6.07, 6.45) is 1.19. The second kappa shape index (κ2) is 2.71. The molecule has 8 heteroatoms. The van der Waals surface area contributed by atoms with Gasteiger partial charge in [-0.05, 0) is 13.8 Å². The number of aromatic nitrogens is 1. The van der Waals surface area contributed by atoms with Gasteiger partial charge in [0.05, 0.1) is 5.69 Å². The van der Waals surface area contributed by atoms with E-state index in [9.17, 15) is 19.9 Å². The minimum absolute atomic E-state index is 0.0872. The highest BCUT2D eigenvalue weighted by Crippen LogP contribution is 3.00. The van der Waals surface area contributed by atoms with Crippen LogP contribution in [0.25, 0.3) is 0 Å². The monoisotopic (exact) mass is 259 g/mol. The molecule has 3 rings (SSSR count). The summed E-state index contributed by atoms with van der Waals surface area (Å²) in [7, 11) is -3.30. The van der Waals surface area contributed by atoms with Gasteiger partial charge in [-0.25, -0.2) is 0 Å². The molecule has 1 aromatic heterocycles. The zero-order valence-corrected chi connectivity index (χ0v) is 9.93. The molecular weight excluding hydrogens is 249 g/mol. The molecule has 0 radical (unpaired) electrons. The molecule has 1 aromatic rings. The summed E-state index contributed by atoms with van der Waals surface area (Å²) < 4.78 is 20.7. The second-order valence-corrected chi connectivity index (χ2v) is 6.11. The standard InChI is InChI=1S/C9H10NO6P/c1-4-6(3-10-5(2)7(4)11)8(12,13)9-15-17(9,14)16-9/h3,11-13H,1-2H3. The Hall–Kier alpha value is -0.980. The van der Waals surface area contributed by atoms with Gasteiger partial charge in [0, 0.05) is 17.3 Å². The minimum Gasteiger partial charge on any atom is -0.506 e. The molecule has 2 saturated heterocycles. The summed E-state index contributed by atoms with van der Waals surface area (Å²) in [6.45, 7) is 3.07. The smallest absolute Gasteiger partial charge is 0.403 e. The summed E-state index contributed by atoms with van der Waals surface area (Å²) in [5.74, 6) is -2.73. The lowest BCUT2D eigenvalue weighted by molar-refractivity contribution is -0.257. The van der Waals surface area contributed by atoms with Crippen molar-refractivity contribution < 1.29 is 28.9 Å². The molecule has 0 aliphatic carbocycles. The summed E-state index contributed by atoms with van der Waals surface area (Å²) in [6, 6.07) is 0. The van der Waals surface area contributed by atoms with Crippen LogP contribution >= 0.6 is 7.60 Å². The van der Waals surface area contributed by atoms with Crippen LogP contribution in [0.4, 0.5) is 0 Å². The predicted octanol–water partition coefficient (Wildman–Crippen LogP) is 0.449. The molecular formula is C9H10NO6P. The Morgan fingerprint density at radius 2 is 1.94 bits per heavy atom.